The molecule has 3 rings (SSSR count). The van der Waals surface area contributed by atoms with Crippen molar-refractivity contribution in [2.45, 2.75) is 25.7 Å². The number of aryl methyl sites for hydroxylation is 1. The van der Waals surface area contributed by atoms with Gasteiger partial charge in [-0.3, -0.25) is 9.52 Å². The van der Waals surface area contributed by atoms with E-state index in [4.69, 9.17) is 0 Å². The van der Waals surface area contributed by atoms with Gasteiger partial charge in [-0.25, -0.2) is 13.1 Å². The molecular formula is C19H19N3O3S. The largest absolute Gasteiger partial charge is 0.295 e. The van der Waals surface area contributed by atoms with E-state index < -0.39 is 10.0 Å². The maximum Gasteiger partial charge on any atom is 0.265 e. The third kappa shape index (κ3) is 3.39. The lowest BCUT2D eigenvalue weighted by molar-refractivity contribution is 0.101. The van der Waals surface area contributed by atoms with Crippen molar-refractivity contribution >= 4 is 21.5 Å². The molecule has 0 fully saturated rings. The van der Waals surface area contributed by atoms with Crippen molar-refractivity contribution in [3.8, 4) is 5.69 Å². The first-order chi connectivity index (χ1) is 12.3. The molecule has 0 radical (unpaired) electrons. The van der Waals surface area contributed by atoms with Crippen molar-refractivity contribution in [2.75, 3.05) is 4.72 Å². The predicted octanol–water partition coefficient (Wildman–Crippen LogP) is 3.49. The van der Waals surface area contributed by atoms with Crippen LogP contribution in [0.3, 0.4) is 0 Å². The number of aromatic nitrogens is 2. The summed E-state index contributed by atoms with van der Waals surface area (Å²) < 4.78 is 30.0. The summed E-state index contributed by atoms with van der Waals surface area (Å²) in [7, 11) is -3.85. The maximum absolute atomic E-state index is 12.9. The molecule has 7 heteroatoms. The first-order valence-corrected chi connectivity index (χ1v) is 9.53. The van der Waals surface area contributed by atoms with Crippen molar-refractivity contribution in [1.29, 1.82) is 0 Å². The summed E-state index contributed by atoms with van der Waals surface area (Å²) in [4.78, 5) is 11.6. The molecule has 0 saturated carbocycles. The average molecular weight is 369 g/mol. The van der Waals surface area contributed by atoms with Crippen LogP contribution in [-0.4, -0.2) is 24.0 Å². The highest BCUT2D eigenvalue weighted by Crippen LogP contribution is 2.25. The number of hydrogen-bond acceptors (Lipinski definition) is 4. The van der Waals surface area contributed by atoms with E-state index in [2.05, 4.69) is 9.82 Å². The lowest BCUT2D eigenvalue weighted by Crippen LogP contribution is -2.15. The van der Waals surface area contributed by atoms with Gasteiger partial charge in [0, 0.05) is 11.3 Å². The van der Waals surface area contributed by atoms with Crippen molar-refractivity contribution < 1.29 is 13.2 Å². The number of nitrogens with zero attached hydrogens (tertiary/aromatic N) is 2. The minimum Gasteiger partial charge on any atom is -0.295 e. The number of anilines is 1. The van der Waals surface area contributed by atoms with Gasteiger partial charge >= 0.3 is 0 Å². The molecular weight excluding hydrogens is 350 g/mol. The van der Waals surface area contributed by atoms with Crippen LogP contribution in [-0.2, 0) is 10.0 Å². The summed E-state index contributed by atoms with van der Waals surface area (Å²) in [6.45, 7) is 4.81. The molecule has 1 N–H and O–H groups in total. The smallest absolute Gasteiger partial charge is 0.265 e. The highest BCUT2D eigenvalue weighted by Gasteiger charge is 2.25. The van der Waals surface area contributed by atoms with Crippen LogP contribution in [0, 0.1) is 13.8 Å². The fourth-order valence-electron chi connectivity index (χ4n) is 2.85. The third-order valence-corrected chi connectivity index (χ3v) is 5.65. The summed E-state index contributed by atoms with van der Waals surface area (Å²) in [6.07, 6.45) is 0. The zero-order valence-corrected chi connectivity index (χ0v) is 15.5. The Labute approximate surface area is 152 Å². The van der Waals surface area contributed by atoms with E-state index in [9.17, 15) is 13.2 Å². The molecule has 0 aliphatic carbocycles. The molecule has 0 amide bonds. The molecule has 0 saturated heterocycles. The number of sulfonamides is 1. The van der Waals surface area contributed by atoms with E-state index in [1.54, 1.807) is 36.7 Å². The minimum atomic E-state index is -3.85. The van der Waals surface area contributed by atoms with E-state index in [-0.39, 0.29) is 10.7 Å². The van der Waals surface area contributed by atoms with E-state index in [1.165, 1.54) is 13.0 Å². The molecule has 0 spiro atoms. The number of rotatable bonds is 5. The molecule has 0 aliphatic heterocycles. The minimum absolute atomic E-state index is 0.129. The van der Waals surface area contributed by atoms with Gasteiger partial charge < -0.3 is 0 Å². The topological polar surface area (TPSA) is 81.1 Å². The Kier molecular flexibility index (Phi) is 4.65. The standard InChI is InChI=1S/C19H19N3O3S/c1-13-19(14(2)22(20-13)18-10-5-4-6-11-18)26(24,25)21-17-9-7-8-16(12-17)15(3)23/h4-12,21H,1-3H3. The van der Waals surface area contributed by atoms with E-state index in [1.807, 2.05) is 30.3 Å². The van der Waals surface area contributed by atoms with Crippen LogP contribution in [0.4, 0.5) is 5.69 Å². The zero-order valence-electron chi connectivity index (χ0n) is 14.7. The quantitative estimate of drug-likeness (QED) is 0.698. The maximum atomic E-state index is 12.9. The molecule has 0 atom stereocenters. The Morgan fingerprint density at radius 2 is 1.73 bits per heavy atom. The summed E-state index contributed by atoms with van der Waals surface area (Å²) in [5.74, 6) is -0.129. The van der Waals surface area contributed by atoms with Crippen LogP contribution >= 0.6 is 0 Å². The number of carbonyl (C=O) groups is 1. The molecule has 0 unspecified atom stereocenters. The number of nitrogens with one attached hydrogen (secondary N) is 1. The zero-order chi connectivity index (χ0) is 18.9. The molecule has 1 heterocycles. The van der Waals surface area contributed by atoms with Gasteiger partial charge in [0.2, 0.25) is 0 Å². The van der Waals surface area contributed by atoms with Crippen LogP contribution in [0.1, 0.15) is 28.7 Å². The predicted molar refractivity (Wildman–Crippen MR) is 100 cm³/mol. The van der Waals surface area contributed by atoms with Gasteiger partial charge in [0.1, 0.15) is 4.90 Å². The SMILES string of the molecule is CC(=O)c1cccc(NS(=O)(=O)c2c(C)nn(-c3ccccc3)c2C)c1. The highest BCUT2D eigenvalue weighted by atomic mass is 32.2. The summed E-state index contributed by atoms with van der Waals surface area (Å²) in [5, 5.41) is 4.38. The van der Waals surface area contributed by atoms with Crippen molar-refractivity contribution in [1.82, 2.24) is 9.78 Å². The summed E-state index contributed by atoms with van der Waals surface area (Å²) in [5.41, 5.74) is 2.49. The van der Waals surface area contributed by atoms with Gasteiger partial charge in [-0.1, -0.05) is 30.3 Å². The Morgan fingerprint density at radius 3 is 2.38 bits per heavy atom. The van der Waals surface area contributed by atoms with Gasteiger partial charge in [-0.05, 0) is 45.0 Å². The fourth-order valence-corrected chi connectivity index (χ4v) is 4.29. The van der Waals surface area contributed by atoms with Gasteiger partial charge in [-0.15, -0.1) is 0 Å². The summed E-state index contributed by atoms with van der Waals surface area (Å²) >= 11 is 0. The molecule has 26 heavy (non-hydrogen) atoms. The Balaban J connectivity index is 2.02. The van der Waals surface area contributed by atoms with Crippen LogP contribution in [0.25, 0.3) is 5.69 Å². The van der Waals surface area contributed by atoms with Crippen molar-refractivity contribution in [3.05, 3.63) is 71.5 Å². The lowest BCUT2D eigenvalue weighted by Gasteiger charge is -2.10. The monoisotopic (exact) mass is 369 g/mol. The van der Waals surface area contributed by atoms with Crippen molar-refractivity contribution in [3.63, 3.8) is 0 Å². The Bertz CT molecular complexity index is 1070. The van der Waals surface area contributed by atoms with Crippen LogP contribution in [0.5, 0.6) is 0 Å². The van der Waals surface area contributed by atoms with Crippen LogP contribution in [0.2, 0.25) is 0 Å². The second-order valence-corrected chi connectivity index (χ2v) is 7.61. The number of carbonyl (C=O) groups excluding carboxylic acids is 1. The van der Waals surface area contributed by atoms with Gasteiger partial charge in [0.15, 0.2) is 5.78 Å². The number of ketones is 1. The van der Waals surface area contributed by atoms with Gasteiger partial charge in [0.25, 0.3) is 10.0 Å². The molecule has 2 aromatic carbocycles. The highest BCUT2D eigenvalue weighted by molar-refractivity contribution is 7.92. The average Bonchev–Trinajstić information content (AvgIpc) is 2.90. The Morgan fingerprint density at radius 1 is 1.04 bits per heavy atom. The number of hydrogen-bond donors (Lipinski definition) is 1. The number of benzene rings is 2. The first-order valence-electron chi connectivity index (χ1n) is 8.05. The fraction of sp³-hybridized carbons (Fsp3) is 0.158. The Hall–Kier alpha value is -2.93. The molecule has 6 nitrogen and oxygen atoms in total. The lowest BCUT2D eigenvalue weighted by atomic mass is 10.1. The van der Waals surface area contributed by atoms with E-state index in [0.717, 1.165) is 5.69 Å². The van der Waals surface area contributed by atoms with Crippen LogP contribution < -0.4 is 4.72 Å². The first kappa shape index (κ1) is 17.9. The molecule has 0 bridgehead atoms. The molecule has 1 aromatic heterocycles. The van der Waals surface area contributed by atoms with E-state index in [0.29, 0.717) is 22.6 Å². The van der Waals surface area contributed by atoms with Crippen LogP contribution in [0.15, 0.2) is 59.5 Å². The second kappa shape index (κ2) is 6.76. The normalized spacial score (nSPS) is 11.3. The van der Waals surface area contributed by atoms with Gasteiger partial charge in [0.05, 0.1) is 17.1 Å². The molecule has 134 valence electrons. The summed E-state index contributed by atoms with van der Waals surface area (Å²) in [6, 6.07) is 15.8. The molecule has 3 aromatic rings. The van der Waals surface area contributed by atoms with E-state index >= 15 is 0 Å². The second-order valence-electron chi connectivity index (χ2n) is 5.99. The van der Waals surface area contributed by atoms with Gasteiger partial charge in [-0.2, -0.15) is 5.10 Å². The third-order valence-electron chi connectivity index (χ3n) is 4.02. The molecule has 0 aliphatic rings. The van der Waals surface area contributed by atoms with Crippen molar-refractivity contribution in [2.24, 2.45) is 0 Å². The number of para-hydroxylation sites is 1. The number of Topliss-reactive ketones (excluding diaryl/α,β-unsaturated/α-hetero) is 1.